The number of hydrogen-bond acceptors (Lipinski definition) is 5. The second-order valence-corrected chi connectivity index (χ2v) is 7.22. The van der Waals surface area contributed by atoms with Gasteiger partial charge in [0.2, 0.25) is 6.79 Å². The summed E-state index contributed by atoms with van der Waals surface area (Å²) in [6.07, 6.45) is 1.71. The Morgan fingerprint density at radius 1 is 1.10 bits per heavy atom. The molecule has 0 fully saturated rings. The molecule has 0 saturated heterocycles. The Morgan fingerprint density at radius 3 is 2.87 bits per heavy atom. The molecule has 0 aliphatic carbocycles. The Morgan fingerprint density at radius 2 is 1.97 bits per heavy atom. The topological polar surface area (TPSA) is 86.6 Å². The van der Waals surface area contributed by atoms with Crippen molar-refractivity contribution < 1.29 is 19.0 Å². The third kappa shape index (κ3) is 3.81. The molecule has 1 aromatic heterocycles. The molecule has 2 aliphatic rings. The van der Waals surface area contributed by atoms with Crippen LogP contribution >= 0.6 is 0 Å². The van der Waals surface area contributed by atoms with Gasteiger partial charge in [0, 0.05) is 18.7 Å². The van der Waals surface area contributed by atoms with Gasteiger partial charge in [0.25, 0.3) is 0 Å². The molecule has 3 heterocycles. The monoisotopic (exact) mass is 406 g/mol. The molecule has 1 atom stereocenters. The van der Waals surface area contributed by atoms with Gasteiger partial charge in [0.1, 0.15) is 12.4 Å². The summed E-state index contributed by atoms with van der Waals surface area (Å²) in [7, 11) is 0. The number of aromatic nitrogens is 2. The first-order chi connectivity index (χ1) is 14.8. The molecule has 0 bridgehead atoms. The lowest BCUT2D eigenvalue weighted by atomic mass is 10.1. The van der Waals surface area contributed by atoms with Crippen molar-refractivity contribution in [3.8, 4) is 22.8 Å². The van der Waals surface area contributed by atoms with E-state index in [4.69, 9.17) is 14.2 Å². The lowest BCUT2D eigenvalue weighted by molar-refractivity contribution is 0.00492. The fraction of sp³-hybridized carbons (Fsp3) is 0.273. The van der Waals surface area contributed by atoms with Crippen molar-refractivity contribution in [2.75, 3.05) is 13.3 Å². The third-order valence-corrected chi connectivity index (χ3v) is 5.23. The van der Waals surface area contributed by atoms with E-state index in [-0.39, 0.29) is 18.9 Å². The molecule has 8 heteroatoms. The van der Waals surface area contributed by atoms with Gasteiger partial charge in [-0.3, -0.25) is 0 Å². The molecule has 2 N–H and O–H groups in total. The number of hydrogen-bond donors (Lipinski definition) is 2. The van der Waals surface area contributed by atoms with Gasteiger partial charge >= 0.3 is 6.03 Å². The maximum atomic E-state index is 12.1. The highest BCUT2D eigenvalue weighted by Gasteiger charge is 2.24. The summed E-state index contributed by atoms with van der Waals surface area (Å²) in [5, 5.41) is 5.76. The SMILES string of the molecule is O=C(NCc1ccccc1)NC[C@H]1Cn2c(-c3ccc4c(c3)OCO4)cnc2CO1. The summed E-state index contributed by atoms with van der Waals surface area (Å²) in [6.45, 7) is 2.16. The number of fused-ring (bicyclic) bond motifs is 2. The number of imidazole rings is 1. The van der Waals surface area contributed by atoms with E-state index >= 15 is 0 Å². The Kier molecular flexibility index (Phi) is 4.98. The van der Waals surface area contributed by atoms with Crippen LogP contribution in [0.15, 0.2) is 54.7 Å². The number of ether oxygens (including phenoxy) is 3. The number of urea groups is 1. The average molecular weight is 406 g/mol. The minimum atomic E-state index is -0.213. The molecule has 154 valence electrons. The second kappa shape index (κ2) is 8.08. The van der Waals surface area contributed by atoms with E-state index in [0.29, 0.717) is 26.2 Å². The van der Waals surface area contributed by atoms with Crippen molar-refractivity contribution in [2.45, 2.75) is 25.8 Å². The molecular weight excluding hydrogens is 384 g/mol. The van der Waals surface area contributed by atoms with E-state index in [1.807, 2.05) is 54.7 Å². The summed E-state index contributed by atoms with van der Waals surface area (Å²) in [4.78, 5) is 16.6. The predicted molar refractivity (Wildman–Crippen MR) is 109 cm³/mol. The number of nitrogens with one attached hydrogen (secondary N) is 2. The molecule has 5 rings (SSSR count). The van der Waals surface area contributed by atoms with Gasteiger partial charge in [-0.1, -0.05) is 30.3 Å². The first-order valence-corrected chi connectivity index (χ1v) is 9.88. The van der Waals surface area contributed by atoms with Gasteiger partial charge in [-0.25, -0.2) is 9.78 Å². The number of nitrogens with zero attached hydrogens (tertiary/aromatic N) is 2. The van der Waals surface area contributed by atoms with Crippen molar-refractivity contribution in [1.29, 1.82) is 0 Å². The Bertz CT molecular complexity index is 1050. The predicted octanol–water partition coefficient (Wildman–Crippen LogP) is 2.68. The van der Waals surface area contributed by atoms with E-state index in [1.165, 1.54) is 0 Å². The molecule has 30 heavy (non-hydrogen) atoms. The highest BCUT2D eigenvalue weighted by molar-refractivity contribution is 5.73. The van der Waals surface area contributed by atoms with Crippen molar-refractivity contribution in [3.05, 3.63) is 66.1 Å². The Hall–Kier alpha value is -3.52. The van der Waals surface area contributed by atoms with E-state index in [2.05, 4.69) is 20.2 Å². The van der Waals surface area contributed by atoms with E-state index in [9.17, 15) is 4.79 Å². The van der Waals surface area contributed by atoms with Crippen LogP contribution in [0.2, 0.25) is 0 Å². The zero-order valence-electron chi connectivity index (χ0n) is 16.3. The maximum Gasteiger partial charge on any atom is 0.315 e. The van der Waals surface area contributed by atoms with Gasteiger partial charge in [-0.2, -0.15) is 0 Å². The lowest BCUT2D eigenvalue weighted by Gasteiger charge is -2.26. The van der Waals surface area contributed by atoms with Crippen LogP contribution in [0.5, 0.6) is 11.5 Å². The van der Waals surface area contributed by atoms with Crippen molar-refractivity contribution >= 4 is 6.03 Å². The van der Waals surface area contributed by atoms with Gasteiger partial charge in [0.05, 0.1) is 24.5 Å². The smallest absolute Gasteiger partial charge is 0.315 e. The molecule has 3 aromatic rings. The number of rotatable bonds is 5. The van der Waals surface area contributed by atoms with E-state index in [1.54, 1.807) is 0 Å². The summed E-state index contributed by atoms with van der Waals surface area (Å²) in [5.41, 5.74) is 3.05. The van der Waals surface area contributed by atoms with Crippen LogP contribution < -0.4 is 20.1 Å². The zero-order chi connectivity index (χ0) is 20.3. The molecule has 2 amide bonds. The van der Waals surface area contributed by atoms with Crippen LogP contribution in [-0.2, 0) is 24.4 Å². The normalized spacial score (nSPS) is 16.7. The van der Waals surface area contributed by atoms with Crippen molar-refractivity contribution in [1.82, 2.24) is 20.2 Å². The summed E-state index contributed by atoms with van der Waals surface area (Å²) in [5.74, 6) is 2.36. The molecular formula is C22H22N4O4. The van der Waals surface area contributed by atoms with Gasteiger partial charge in [0.15, 0.2) is 11.5 Å². The highest BCUT2D eigenvalue weighted by atomic mass is 16.7. The largest absolute Gasteiger partial charge is 0.454 e. The standard InChI is InChI=1S/C22H22N4O4/c27-22(24-9-15-4-2-1-3-5-15)25-10-17-12-26-18(11-23-21(26)13-28-17)16-6-7-19-20(8-16)30-14-29-19/h1-8,11,17H,9-10,12-14H2,(H2,24,25,27)/t17-/m0/s1. The van der Waals surface area contributed by atoms with Crippen LogP contribution in [0.1, 0.15) is 11.4 Å². The Labute approximate surface area is 173 Å². The molecule has 0 spiro atoms. The Balaban J connectivity index is 1.20. The summed E-state index contributed by atoms with van der Waals surface area (Å²) >= 11 is 0. The van der Waals surface area contributed by atoms with Crippen LogP contribution in [0.4, 0.5) is 4.79 Å². The van der Waals surface area contributed by atoms with Crippen LogP contribution in [0.3, 0.4) is 0 Å². The highest BCUT2D eigenvalue weighted by Crippen LogP contribution is 2.36. The third-order valence-electron chi connectivity index (χ3n) is 5.23. The molecule has 2 aliphatic heterocycles. The maximum absolute atomic E-state index is 12.1. The van der Waals surface area contributed by atoms with Gasteiger partial charge in [-0.15, -0.1) is 0 Å². The van der Waals surface area contributed by atoms with Crippen LogP contribution in [0, 0.1) is 0 Å². The molecule has 0 saturated carbocycles. The minimum absolute atomic E-state index is 0.137. The summed E-state index contributed by atoms with van der Waals surface area (Å²) < 4.78 is 18.9. The van der Waals surface area contributed by atoms with E-state index in [0.717, 1.165) is 34.1 Å². The van der Waals surface area contributed by atoms with Gasteiger partial charge < -0.3 is 29.4 Å². The van der Waals surface area contributed by atoms with Crippen LogP contribution in [0.25, 0.3) is 11.3 Å². The van der Waals surface area contributed by atoms with Crippen LogP contribution in [-0.4, -0.2) is 35.0 Å². The number of amides is 2. The molecule has 0 unspecified atom stereocenters. The van der Waals surface area contributed by atoms with Gasteiger partial charge in [-0.05, 0) is 23.8 Å². The second-order valence-electron chi connectivity index (χ2n) is 7.22. The fourth-order valence-electron chi connectivity index (χ4n) is 3.64. The lowest BCUT2D eigenvalue weighted by Crippen LogP contribution is -2.43. The van der Waals surface area contributed by atoms with E-state index < -0.39 is 0 Å². The fourth-order valence-corrected chi connectivity index (χ4v) is 3.64. The molecule has 8 nitrogen and oxygen atoms in total. The summed E-state index contributed by atoms with van der Waals surface area (Å²) in [6, 6.07) is 15.5. The zero-order valence-corrected chi connectivity index (χ0v) is 16.3. The molecule has 0 radical (unpaired) electrons. The number of carbonyl (C=O) groups excluding carboxylic acids is 1. The minimum Gasteiger partial charge on any atom is -0.454 e. The first-order valence-electron chi connectivity index (χ1n) is 9.88. The number of carbonyl (C=O) groups is 1. The van der Waals surface area contributed by atoms with Crippen molar-refractivity contribution in [3.63, 3.8) is 0 Å². The van der Waals surface area contributed by atoms with Crippen molar-refractivity contribution in [2.24, 2.45) is 0 Å². The molecule has 2 aromatic carbocycles. The number of benzene rings is 2. The quantitative estimate of drug-likeness (QED) is 0.680. The average Bonchev–Trinajstić information content (AvgIpc) is 3.43. The first kappa shape index (κ1) is 18.5.